The third kappa shape index (κ3) is 2.47. The lowest BCUT2D eigenvalue weighted by atomic mass is 9.60. The molecule has 1 N–H and O–H groups in total. The summed E-state index contributed by atoms with van der Waals surface area (Å²) < 4.78 is 38.6. The van der Waals surface area contributed by atoms with Crippen LogP contribution in [0.1, 0.15) is 42.3 Å². The minimum atomic E-state index is -4.49. The van der Waals surface area contributed by atoms with Crippen molar-refractivity contribution < 1.29 is 18.3 Å². The van der Waals surface area contributed by atoms with E-state index in [2.05, 4.69) is 9.97 Å². The van der Waals surface area contributed by atoms with Crippen molar-refractivity contribution in [3.63, 3.8) is 0 Å². The first-order valence-corrected chi connectivity index (χ1v) is 7.06. The van der Waals surface area contributed by atoms with Gasteiger partial charge in [0.1, 0.15) is 11.8 Å². The van der Waals surface area contributed by atoms with Gasteiger partial charge in [-0.15, -0.1) is 0 Å². The molecule has 116 valence electrons. The molecule has 1 atom stereocenters. The Morgan fingerprint density at radius 1 is 1.09 bits per heavy atom. The smallest absolute Gasteiger partial charge is 0.386 e. The van der Waals surface area contributed by atoms with Crippen molar-refractivity contribution in [2.24, 2.45) is 0 Å². The number of rotatable bonds is 3. The average molecular weight is 308 g/mol. The van der Waals surface area contributed by atoms with E-state index in [-0.39, 0.29) is 0 Å². The Morgan fingerprint density at radius 3 is 2.41 bits per heavy atom. The van der Waals surface area contributed by atoms with Gasteiger partial charge < -0.3 is 5.11 Å². The zero-order valence-electron chi connectivity index (χ0n) is 11.7. The molecule has 0 aliphatic heterocycles. The van der Waals surface area contributed by atoms with Crippen molar-refractivity contribution in [1.82, 2.24) is 9.97 Å². The molecule has 0 saturated heterocycles. The van der Waals surface area contributed by atoms with Crippen LogP contribution >= 0.6 is 0 Å². The molecule has 0 bridgehead atoms. The van der Waals surface area contributed by atoms with E-state index >= 15 is 0 Å². The van der Waals surface area contributed by atoms with Gasteiger partial charge in [-0.2, -0.15) is 13.2 Å². The zero-order valence-corrected chi connectivity index (χ0v) is 11.7. The number of pyridine rings is 2. The lowest BCUT2D eigenvalue weighted by Crippen LogP contribution is -2.41. The molecule has 2 heterocycles. The number of aromatic nitrogens is 2. The maximum absolute atomic E-state index is 12.9. The molecule has 3 rings (SSSR count). The Kier molecular flexibility index (Phi) is 3.64. The van der Waals surface area contributed by atoms with Gasteiger partial charge >= 0.3 is 6.18 Å². The molecule has 0 radical (unpaired) electrons. The normalized spacial score (nSPS) is 18.5. The number of nitrogens with zero attached hydrogens (tertiary/aromatic N) is 2. The monoisotopic (exact) mass is 308 g/mol. The van der Waals surface area contributed by atoms with Crippen LogP contribution in [0.4, 0.5) is 13.2 Å². The van der Waals surface area contributed by atoms with Crippen LogP contribution in [0.25, 0.3) is 0 Å². The van der Waals surface area contributed by atoms with Crippen LogP contribution in [0.3, 0.4) is 0 Å². The van der Waals surface area contributed by atoms with Gasteiger partial charge in [0.15, 0.2) is 0 Å². The highest BCUT2D eigenvalue weighted by atomic mass is 19.4. The summed E-state index contributed by atoms with van der Waals surface area (Å²) in [6.07, 6.45) is -0.559. The van der Waals surface area contributed by atoms with Gasteiger partial charge in [0.2, 0.25) is 0 Å². The van der Waals surface area contributed by atoms with Gasteiger partial charge in [0.25, 0.3) is 0 Å². The summed E-state index contributed by atoms with van der Waals surface area (Å²) in [5.41, 5.74) is -0.687. The number of aliphatic hydroxyl groups excluding tert-OH is 1. The number of hydrogen-bond donors (Lipinski definition) is 1. The fraction of sp³-hybridized carbons (Fsp3) is 0.375. The van der Waals surface area contributed by atoms with Crippen LogP contribution in [-0.2, 0) is 11.6 Å². The van der Waals surface area contributed by atoms with E-state index in [1.807, 2.05) is 0 Å². The van der Waals surface area contributed by atoms with Gasteiger partial charge in [-0.1, -0.05) is 12.5 Å². The molecular weight excluding hydrogens is 293 g/mol. The maximum atomic E-state index is 12.9. The summed E-state index contributed by atoms with van der Waals surface area (Å²) >= 11 is 0. The lowest BCUT2D eigenvalue weighted by molar-refractivity contribution is -0.141. The summed E-state index contributed by atoms with van der Waals surface area (Å²) in [6.45, 7) is 0. The standard InChI is InChI=1S/C16H15F3N2O/c17-16(18,19)13-10-11(5-9-21-13)15(6-3-7-15)14(22)12-4-1-2-8-20-12/h1-2,4-5,8-10,14,22H,3,6-7H2. The molecule has 3 nitrogen and oxygen atoms in total. The molecule has 1 unspecified atom stereocenters. The van der Waals surface area contributed by atoms with E-state index < -0.39 is 23.4 Å². The Labute approximate surface area is 125 Å². The Bertz CT molecular complexity index is 654. The summed E-state index contributed by atoms with van der Waals surface area (Å²) in [4.78, 5) is 7.53. The molecule has 6 heteroatoms. The van der Waals surface area contributed by atoms with Crippen molar-refractivity contribution in [2.75, 3.05) is 0 Å². The van der Waals surface area contributed by atoms with Crippen LogP contribution in [0.15, 0.2) is 42.7 Å². The molecule has 22 heavy (non-hydrogen) atoms. The first-order valence-electron chi connectivity index (χ1n) is 7.06. The summed E-state index contributed by atoms with van der Waals surface area (Å²) in [5.74, 6) is 0. The molecule has 1 aliphatic rings. The number of aliphatic hydroxyl groups is 1. The van der Waals surface area contributed by atoms with Crippen LogP contribution < -0.4 is 0 Å². The van der Waals surface area contributed by atoms with Crippen molar-refractivity contribution in [2.45, 2.75) is 37.0 Å². The van der Waals surface area contributed by atoms with Crippen molar-refractivity contribution in [1.29, 1.82) is 0 Å². The predicted octanol–water partition coefficient (Wildman–Crippen LogP) is 3.65. The minimum Gasteiger partial charge on any atom is -0.386 e. The minimum absolute atomic E-state index is 0.472. The van der Waals surface area contributed by atoms with Gasteiger partial charge in [-0.25, -0.2) is 0 Å². The fourth-order valence-electron chi connectivity index (χ4n) is 2.99. The lowest BCUT2D eigenvalue weighted by Gasteiger charge is -2.45. The van der Waals surface area contributed by atoms with Crippen LogP contribution in [0.5, 0.6) is 0 Å². The molecule has 0 amide bonds. The second-order valence-corrected chi connectivity index (χ2v) is 5.59. The first kappa shape index (κ1) is 15.0. The molecular formula is C16H15F3N2O. The largest absolute Gasteiger partial charge is 0.433 e. The van der Waals surface area contributed by atoms with Gasteiger partial charge in [0.05, 0.1) is 5.69 Å². The van der Waals surface area contributed by atoms with E-state index in [9.17, 15) is 18.3 Å². The Balaban J connectivity index is 2.00. The third-order valence-corrected chi connectivity index (χ3v) is 4.36. The van der Waals surface area contributed by atoms with Crippen LogP contribution in [0, 0.1) is 0 Å². The molecule has 2 aromatic heterocycles. The molecule has 0 aromatic carbocycles. The van der Waals surface area contributed by atoms with E-state index in [4.69, 9.17) is 0 Å². The highest BCUT2D eigenvalue weighted by molar-refractivity contribution is 5.33. The molecule has 1 fully saturated rings. The average Bonchev–Trinajstić information content (AvgIpc) is 2.46. The van der Waals surface area contributed by atoms with Crippen molar-refractivity contribution in [3.05, 3.63) is 59.7 Å². The summed E-state index contributed by atoms with van der Waals surface area (Å²) in [7, 11) is 0. The van der Waals surface area contributed by atoms with E-state index in [0.717, 1.165) is 18.7 Å². The highest BCUT2D eigenvalue weighted by Crippen LogP contribution is 2.52. The number of hydrogen-bond acceptors (Lipinski definition) is 3. The second kappa shape index (κ2) is 5.35. The number of halogens is 3. The van der Waals surface area contributed by atoms with Crippen molar-refractivity contribution in [3.8, 4) is 0 Å². The molecule has 2 aromatic rings. The summed E-state index contributed by atoms with van der Waals surface area (Å²) in [6, 6.07) is 7.78. The summed E-state index contributed by atoms with van der Waals surface area (Å²) in [5, 5.41) is 10.7. The first-order chi connectivity index (χ1) is 10.4. The Morgan fingerprint density at radius 2 is 1.86 bits per heavy atom. The predicted molar refractivity (Wildman–Crippen MR) is 74.0 cm³/mol. The maximum Gasteiger partial charge on any atom is 0.433 e. The van der Waals surface area contributed by atoms with E-state index in [0.29, 0.717) is 24.1 Å². The van der Waals surface area contributed by atoms with Crippen molar-refractivity contribution >= 4 is 0 Å². The zero-order chi connectivity index (χ0) is 15.8. The quantitative estimate of drug-likeness (QED) is 0.941. The van der Waals surface area contributed by atoms with Crippen LogP contribution in [0.2, 0.25) is 0 Å². The van der Waals surface area contributed by atoms with Crippen LogP contribution in [-0.4, -0.2) is 15.1 Å². The van der Waals surface area contributed by atoms with Gasteiger partial charge in [-0.05, 0) is 42.7 Å². The SMILES string of the molecule is OC(c1ccccn1)C1(c2ccnc(C(F)(F)F)c2)CCC1. The highest BCUT2D eigenvalue weighted by Gasteiger charge is 2.47. The van der Waals surface area contributed by atoms with E-state index in [1.54, 1.807) is 30.5 Å². The molecule has 1 aliphatic carbocycles. The molecule has 0 spiro atoms. The Hall–Kier alpha value is -1.95. The topological polar surface area (TPSA) is 46.0 Å². The third-order valence-electron chi connectivity index (χ3n) is 4.36. The molecule has 1 saturated carbocycles. The second-order valence-electron chi connectivity index (χ2n) is 5.59. The number of alkyl halides is 3. The fourth-order valence-corrected chi connectivity index (χ4v) is 2.99. The van der Waals surface area contributed by atoms with Gasteiger partial charge in [0, 0.05) is 17.8 Å². The van der Waals surface area contributed by atoms with Gasteiger partial charge in [-0.3, -0.25) is 9.97 Å². The van der Waals surface area contributed by atoms with E-state index in [1.165, 1.54) is 0 Å².